The lowest BCUT2D eigenvalue weighted by Gasteiger charge is -2.36. The predicted octanol–water partition coefficient (Wildman–Crippen LogP) is 2.80. The lowest BCUT2D eigenvalue weighted by Crippen LogP contribution is -2.46. The maximum Gasteiger partial charge on any atom is 0.227 e. The Hall–Kier alpha value is -0.870. The van der Waals surface area contributed by atoms with E-state index in [4.69, 9.17) is 0 Å². The molecule has 0 aromatic heterocycles. The Morgan fingerprint density at radius 1 is 1.39 bits per heavy atom. The fourth-order valence-electron chi connectivity index (χ4n) is 2.69. The van der Waals surface area contributed by atoms with Crippen LogP contribution in [0.25, 0.3) is 0 Å². The summed E-state index contributed by atoms with van der Waals surface area (Å²) in [6, 6.07) is 7.94. The molecule has 1 amide bonds. The topological polar surface area (TPSA) is 32.3 Å². The van der Waals surface area contributed by atoms with E-state index in [1.54, 1.807) is 0 Å². The Labute approximate surface area is 117 Å². The van der Waals surface area contributed by atoms with Crippen LogP contribution in [0.3, 0.4) is 0 Å². The summed E-state index contributed by atoms with van der Waals surface area (Å²) >= 11 is 3.42. The van der Waals surface area contributed by atoms with Crippen LogP contribution < -0.4 is 10.2 Å². The summed E-state index contributed by atoms with van der Waals surface area (Å²) in [6.07, 6.45) is 0.615. The molecule has 2 rings (SSSR count). The Balaban J connectivity index is 2.32. The van der Waals surface area contributed by atoms with E-state index < -0.39 is 0 Å². The summed E-state index contributed by atoms with van der Waals surface area (Å²) in [5.41, 5.74) is 0.834. The second-order valence-corrected chi connectivity index (χ2v) is 6.23. The van der Waals surface area contributed by atoms with Crippen molar-refractivity contribution >= 4 is 27.5 Å². The van der Waals surface area contributed by atoms with Gasteiger partial charge in [0, 0.05) is 34.6 Å². The van der Waals surface area contributed by atoms with Crippen LogP contribution in [0.15, 0.2) is 28.7 Å². The van der Waals surface area contributed by atoms with Gasteiger partial charge in [-0.25, -0.2) is 0 Å². The van der Waals surface area contributed by atoms with E-state index >= 15 is 0 Å². The fraction of sp³-hybridized carbons (Fsp3) is 0.500. The highest BCUT2D eigenvalue weighted by atomic mass is 79.9. The standard InChI is InChI=1S/C14H19BrN2O/c1-14(2)10(9-16-3)8-13(18)17(14)12-6-4-11(15)5-7-12/h4-7,10,16H,8-9H2,1-3H3. The molecule has 1 heterocycles. The van der Waals surface area contributed by atoms with Crippen LogP contribution in [-0.4, -0.2) is 25.0 Å². The molecule has 18 heavy (non-hydrogen) atoms. The molecule has 1 unspecified atom stereocenters. The first-order chi connectivity index (χ1) is 8.46. The van der Waals surface area contributed by atoms with Crippen LogP contribution in [0.2, 0.25) is 0 Å². The van der Waals surface area contributed by atoms with Gasteiger partial charge in [0.1, 0.15) is 0 Å². The number of hydrogen-bond acceptors (Lipinski definition) is 2. The van der Waals surface area contributed by atoms with Crippen molar-refractivity contribution in [1.29, 1.82) is 0 Å². The first-order valence-corrected chi connectivity index (χ1v) is 6.99. The number of halogens is 1. The molecular formula is C14H19BrN2O. The van der Waals surface area contributed by atoms with Crippen molar-refractivity contribution in [2.75, 3.05) is 18.5 Å². The summed E-state index contributed by atoms with van der Waals surface area (Å²) in [4.78, 5) is 14.2. The van der Waals surface area contributed by atoms with Gasteiger partial charge < -0.3 is 10.2 Å². The van der Waals surface area contributed by atoms with E-state index in [0.717, 1.165) is 16.7 Å². The van der Waals surface area contributed by atoms with Crippen molar-refractivity contribution in [2.24, 2.45) is 5.92 Å². The molecule has 1 atom stereocenters. The number of amides is 1. The summed E-state index contributed by atoms with van der Waals surface area (Å²) < 4.78 is 1.03. The number of nitrogens with zero attached hydrogens (tertiary/aromatic N) is 1. The SMILES string of the molecule is CNCC1CC(=O)N(c2ccc(Br)cc2)C1(C)C. The number of carbonyl (C=O) groups excluding carboxylic acids is 1. The van der Waals surface area contributed by atoms with Crippen molar-refractivity contribution < 1.29 is 4.79 Å². The highest BCUT2D eigenvalue weighted by Crippen LogP contribution is 2.39. The van der Waals surface area contributed by atoms with E-state index in [1.165, 1.54) is 0 Å². The lowest BCUT2D eigenvalue weighted by atomic mass is 9.88. The third kappa shape index (κ3) is 2.31. The molecule has 98 valence electrons. The van der Waals surface area contributed by atoms with Crippen LogP contribution >= 0.6 is 15.9 Å². The summed E-state index contributed by atoms with van der Waals surface area (Å²) in [6.45, 7) is 5.15. The molecule has 0 aliphatic carbocycles. The number of hydrogen-bond donors (Lipinski definition) is 1. The normalized spacial score (nSPS) is 22.6. The molecular weight excluding hydrogens is 292 g/mol. The van der Waals surface area contributed by atoms with Gasteiger partial charge >= 0.3 is 0 Å². The van der Waals surface area contributed by atoms with Crippen LogP contribution in [0, 0.1) is 5.92 Å². The summed E-state index contributed by atoms with van der Waals surface area (Å²) in [7, 11) is 1.93. The quantitative estimate of drug-likeness (QED) is 0.931. The maximum atomic E-state index is 12.2. The minimum absolute atomic E-state index is 0.145. The average molecular weight is 311 g/mol. The van der Waals surface area contributed by atoms with Gasteiger partial charge in [-0.1, -0.05) is 15.9 Å². The van der Waals surface area contributed by atoms with Gasteiger partial charge in [-0.3, -0.25) is 4.79 Å². The zero-order valence-corrected chi connectivity index (χ0v) is 12.6. The van der Waals surface area contributed by atoms with E-state index in [1.807, 2.05) is 36.2 Å². The zero-order chi connectivity index (χ0) is 13.3. The molecule has 1 aromatic carbocycles. The number of carbonyl (C=O) groups is 1. The number of nitrogens with one attached hydrogen (secondary N) is 1. The molecule has 1 saturated heterocycles. The van der Waals surface area contributed by atoms with Gasteiger partial charge in [0.25, 0.3) is 0 Å². The highest BCUT2D eigenvalue weighted by molar-refractivity contribution is 9.10. The minimum atomic E-state index is -0.145. The Morgan fingerprint density at radius 3 is 2.56 bits per heavy atom. The molecule has 1 N–H and O–H groups in total. The van der Waals surface area contributed by atoms with Gasteiger partial charge in [-0.15, -0.1) is 0 Å². The number of benzene rings is 1. The molecule has 0 bridgehead atoms. The van der Waals surface area contributed by atoms with E-state index in [9.17, 15) is 4.79 Å². The van der Waals surface area contributed by atoms with Crippen LogP contribution in [0.4, 0.5) is 5.69 Å². The largest absolute Gasteiger partial charge is 0.319 e. The first-order valence-electron chi connectivity index (χ1n) is 6.20. The minimum Gasteiger partial charge on any atom is -0.319 e. The van der Waals surface area contributed by atoms with Crippen molar-refractivity contribution in [1.82, 2.24) is 5.32 Å². The second-order valence-electron chi connectivity index (χ2n) is 5.32. The van der Waals surface area contributed by atoms with Gasteiger partial charge in [-0.2, -0.15) is 0 Å². The number of anilines is 1. The van der Waals surface area contributed by atoms with Gasteiger partial charge in [0.05, 0.1) is 0 Å². The Kier molecular flexibility index (Phi) is 3.78. The predicted molar refractivity (Wildman–Crippen MR) is 77.7 cm³/mol. The molecule has 1 aliphatic rings. The third-order valence-electron chi connectivity index (χ3n) is 3.78. The molecule has 1 aromatic rings. The molecule has 0 radical (unpaired) electrons. The van der Waals surface area contributed by atoms with Crippen molar-refractivity contribution in [3.8, 4) is 0 Å². The van der Waals surface area contributed by atoms with E-state index in [2.05, 4.69) is 35.1 Å². The molecule has 1 aliphatic heterocycles. The Morgan fingerprint density at radius 2 is 2.00 bits per heavy atom. The Bertz CT molecular complexity index is 442. The average Bonchev–Trinajstić information content (AvgIpc) is 2.52. The van der Waals surface area contributed by atoms with Gasteiger partial charge in [0.2, 0.25) is 5.91 Å². The third-order valence-corrected chi connectivity index (χ3v) is 4.31. The van der Waals surface area contributed by atoms with E-state index in [0.29, 0.717) is 12.3 Å². The van der Waals surface area contributed by atoms with Crippen LogP contribution in [-0.2, 0) is 4.79 Å². The molecule has 0 saturated carbocycles. The summed E-state index contributed by atoms with van der Waals surface area (Å²) in [5, 5.41) is 3.18. The fourth-order valence-corrected chi connectivity index (χ4v) is 2.96. The molecule has 3 nitrogen and oxygen atoms in total. The molecule has 4 heteroatoms. The van der Waals surface area contributed by atoms with E-state index in [-0.39, 0.29) is 11.4 Å². The second kappa shape index (κ2) is 5.02. The number of rotatable bonds is 3. The highest BCUT2D eigenvalue weighted by Gasteiger charge is 2.46. The monoisotopic (exact) mass is 310 g/mol. The van der Waals surface area contributed by atoms with Gasteiger partial charge in [-0.05, 0) is 45.2 Å². The van der Waals surface area contributed by atoms with Crippen LogP contribution in [0.1, 0.15) is 20.3 Å². The first kappa shape index (κ1) is 13.6. The van der Waals surface area contributed by atoms with Crippen molar-refractivity contribution in [3.63, 3.8) is 0 Å². The maximum absolute atomic E-state index is 12.2. The van der Waals surface area contributed by atoms with Crippen molar-refractivity contribution in [2.45, 2.75) is 25.8 Å². The summed E-state index contributed by atoms with van der Waals surface area (Å²) in [5.74, 6) is 0.557. The lowest BCUT2D eigenvalue weighted by molar-refractivity contribution is -0.117. The zero-order valence-electron chi connectivity index (χ0n) is 11.0. The van der Waals surface area contributed by atoms with Crippen molar-refractivity contribution in [3.05, 3.63) is 28.7 Å². The molecule has 0 spiro atoms. The van der Waals surface area contributed by atoms with Crippen LogP contribution in [0.5, 0.6) is 0 Å². The molecule has 1 fully saturated rings. The van der Waals surface area contributed by atoms with Gasteiger partial charge in [0.15, 0.2) is 0 Å². The smallest absolute Gasteiger partial charge is 0.227 e.